The first-order chi connectivity index (χ1) is 7.77. The quantitative estimate of drug-likeness (QED) is 0.851. The standard InChI is InChI=1S/C13H17BrN2/c14-11-2-1-3-12(8-11)16-6-4-13(5-7-16)9-15-10-13/h1-3,8,15H,4-7,9-10H2. The molecule has 0 aliphatic carbocycles. The summed E-state index contributed by atoms with van der Waals surface area (Å²) in [5, 5.41) is 3.41. The lowest BCUT2D eigenvalue weighted by molar-refractivity contribution is 0.126. The second kappa shape index (κ2) is 4.04. The van der Waals surface area contributed by atoms with E-state index in [0.717, 1.165) is 0 Å². The van der Waals surface area contributed by atoms with Gasteiger partial charge in [-0.25, -0.2) is 0 Å². The Morgan fingerprint density at radius 1 is 1.19 bits per heavy atom. The largest absolute Gasteiger partial charge is 0.371 e. The third-order valence-corrected chi connectivity index (χ3v) is 4.49. The Kier molecular flexibility index (Phi) is 2.68. The average Bonchev–Trinajstić information content (AvgIpc) is 2.27. The highest BCUT2D eigenvalue weighted by Crippen LogP contribution is 2.36. The van der Waals surface area contributed by atoms with Crippen molar-refractivity contribution in [2.75, 3.05) is 31.1 Å². The Labute approximate surface area is 105 Å². The number of anilines is 1. The first-order valence-electron chi connectivity index (χ1n) is 5.99. The van der Waals surface area contributed by atoms with Crippen LogP contribution in [0, 0.1) is 5.41 Å². The molecule has 2 fully saturated rings. The summed E-state index contributed by atoms with van der Waals surface area (Å²) in [5.41, 5.74) is 2.00. The van der Waals surface area contributed by atoms with Gasteiger partial charge in [0.25, 0.3) is 0 Å². The topological polar surface area (TPSA) is 15.3 Å². The molecule has 1 aromatic rings. The van der Waals surface area contributed by atoms with E-state index < -0.39 is 0 Å². The highest BCUT2D eigenvalue weighted by atomic mass is 79.9. The van der Waals surface area contributed by atoms with Gasteiger partial charge in [0.05, 0.1) is 0 Å². The van der Waals surface area contributed by atoms with E-state index in [2.05, 4.69) is 50.4 Å². The number of hydrogen-bond acceptors (Lipinski definition) is 2. The van der Waals surface area contributed by atoms with E-state index >= 15 is 0 Å². The number of rotatable bonds is 1. The van der Waals surface area contributed by atoms with Gasteiger partial charge in [0.1, 0.15) is 0 Å². The minimum atomic E-state index is 0.641. The minimum absolute atomic E-state index is 0.641. The molecule has 2 saturated heterocycles. The molecule has 0 aromatic heterocycles. The fourth-order valence-corrected chi connectivity index (χ4v) is 3.13. The Bertz CT molecular complexity index is 377. The molecule has 0 radical (unpaired) electrons. The van der Waals surface area contributed by atoms with Gasteiger partial charge in [-0.05, 0) is 36.5 Å². The van der Waals surface area contributed by atoms with Crippen molar-refractivity contribution in [3.8, 4) is 0 Å². The van der Waals surface area contributed by atoms with E-state index in [9.17, 15) is 0 Å². The molecule has 0 saturated carbocycles. The molecule has 86 valence electrons. The number of benzene rings is 1. The lowest BCUT2D eigenvalue weighted by Gasteiger charge is -2.49. The van der Waals surface area contributed by atoms with E-state index in [1.165, 1.54) is 49.2 Å². The molecule has 0 amide bonds. The number of nitrogens with one attached hydrogen (secondary N) is 1. The number of piperidine rings is 1. The summed E-state index contributed by atoms with van der Waals surface area (Å²) < 4.78 is 1.18. The van der Waals surface area contributed by atoms with Crippen molar-refractivity contribution < 1.29 is 0 Å². The molecule has 1 aromatic carbocycles. The zero-order valence-corrected chi connectivity index (χ0v) is 11.0. The molecular weight excluding hydrogens is 264 g/mol. The Morgan fingerprint density at radius 3 is 2.50 bits per heavy atom. The predicted octanol–water partition coefficient (Wildman–Crippen LogP) is 2.64. The molecule has 0 bridgehead atoms. The smallest absolute Gasteiger partial charge is 0.0377 e. The van der Waals surface area contributed by atoms with Crippen molar-refractivity contribution in [1.29, 1.82) is 0 Å². The lowest BCUT2D eigenvalue weighted by atomic mass is 9.73. The molecule has 2 heterocycles. The maximum atomic E-state index is 3.54. The van der Waals surface area contributed by atoms with Gasteiger partial charge in [0.15, 0.2) is 0 Å². The summed E-state index contributed by atoms with van der Waals surface area (Å²) >= 11 is 3.54. The van der Waals surface area contributed by atoms with Crippen LogP contribution in [0.1, 0.15) is 12.8 Å². The van der Waals surface area contributed by atoms with Gasteiger partial charge < -0.3 is 10.2 Å². The maximum Gasteiger partial charge on any atom is 0.0377 e. The summed E-state index contributed by atoms with van der Waals surface area (Å²) in [5.74, 6) is 0. The minimum Gasteiger partial charge on any atom is -0.371 e. The number of hydrogen-bond donors (Lipinski definition) is 1. The molecule has 0 atom stereocenters. The summed E-state index contributed by atoms with van der Waals surface area (Å²) in [7, 11) is 0. The van der Waals surface area contributed by atoms with Gasteiger partial charge in [-0.15, -0.1) is 0 Å². The van der Waals surface area contributed by atoms with Crippen LogP contribution in [-0.2, 0) is 0 Å². The van der Waals surface area contributed by atoms with Gasteiger partial charge in [0, 0.05) is 36.3 Å². The van der Waals surface area contributed by atoms with Crippen LogP contribution in [0.5, 0.6) is 0 Å². The second-order valence-corrected chi connectivity index (χ2v) is 5.99. The molecule has 2 nitrogen and oxygen atoms in total. The Balaban J connectivity index is 1.69. The van der Waals surface area contributed by atoms with Gasteiger partial charge >= 0.3 is 0 Å². The normalized spacial score (nSPS) is 23.2. The van der Waals surface area contributed by atoms with Crippen molar-refractivity contribution in [2.45, 2.75) is 12.8 Å². The molecule has 0 unspecified atom stereocenters. The molecule has 1 spiro atoms. The highest BCUT2D eigenvalue weighted by Gasteiger charge is 2.39. The molecule has 3 rings (SSSR count). The predicted molar refractivity (Wildman–Crippen MR) is 70.9 cm³/mol. The fraction of sp³-hybridized carbons (Fsp3) is 0.538. The van der Waals surface area contributed by atoms with Crippen molar-refractivity contribution in [3.63, 3.8) is 0 Å². The molecular formula is C13H17BrN2. The monoisotopic (exact) mass is 280 g/mol. The average molecular weight is 281 g/mol. The molecule has 2 aliphatic rings. The van der Waals surface area contributed by atoms with Crippen LogP contribution < -0.4 is 10.2 Å². The van der Waals surface area contributed by atoms with Gasteiger partial charge in [0.2, 0.25) is 0 Å². The highest BCUT2D eigenvalue weighted by molar-refractivity contribution is 9.10. The SMILES string of the molecule is Brc1cccc(N2CCC3(CC2)CNC3)c1. The van der Waals surface area contributed by atoms with E-state index in [0.29, 0.717) is 5.41 Å². The van der Waals surface area contributed by atoms with Crippen LogP contribution in [0.2, 0.25) is 0 Å². The molecule has 1 N–H and O–H groups in total. The van der Waals surface area contributed by atoms with Crippen molar-refractivity contribution in [1.82, 2.24) is 5.32 Å². The third kappa shape index (κ3) is 1.87. The Hall–Kier alpha value is -0.540. The van der Waals surface area contributed by atoms with Crippen LogP contribution in [0.25, 0.3) is 0 Å². The van der Waals surface area contributed by atoms with Crippen LogP contribution in [0.4, 0.5) is 5.69 Å². The van der Waals surface area contributed by atoms with E-state index in [1.807, 2.05) is 0 Å². The van der Waals surface area contributed by atoms with Crippen LogP contribution in [-0.4, -0.2) is 26.2 Å². The molecule has 3 heteroatoms. The summed E-state index contributed by atoms with van der Waals surface area (Å²) in [6.45, 7) is 4.88. The van der Waals surface area contributed by atoms with Gasteiger partial charge in [-0.2, -0.15) is 0 Å². The lowest BCUT2D eigenvalue weighted by Crippen LogP contribution is -2.58. The summed E-state index contributed by atoms with van der Waals surface area (Å²) in [6, 6.07) is 8.64. The van der Waals surface area contributed by atoms with Gasteiger partial charge in [-0.3, -0.25) is 0 Å². The van der Waals surface area contributed by atoms with E-state index in [1.54, 1.807) is 0 Å². The van der Waals surface area contributed by atoms with Crippen molar-refractivity contribution in [2.24, 2.45) is 5.41 Å². The van der Waals surface area contributed by atoms with E-state index in [-0.39, 0.29) is 0 Å². The zero-order chi connectivity index (χ0) is 11.0. The Morgan fingerprint density at radius 2 is 1.94 bits per heavy atom. The fourth-order valence-electron chi connectivity index (χ4n) is 2.74. The van der Waals surface area contributed by atoms with Crippen molar-refractivity contribution in [3.05, 3.63) is 28.7 Å². The summed E-state index contributed by atoms with van der Waals surface area (Å²) in [6.07, 6.45) is 2.68. The third-order valence-electron chi connectivity index (χ3n) is 4.00. The van der Waals surface area contributed by atoms with Crippen LogP contribution in [0.15, 0.2) is 28.7 Å². The maximum absolute atomic E-state index is 3.54. The van der Waals surface area contributed by atoms with E-state index in [4.69, 9.17) is 0 Å². The van der Waals surface area contributed by atoms with Crippen LogP contribution in [0.3, 0.4) is 0 Å². The van der Waals surface area contributed by atoms with Crippen molar-refractivity contribution >= 4 is 21.6 Å². The number of halogens is 1. The van der Waals surface area contributed by atoms with Gasteiger partial charge in [-0.1, -0.05) is 22.0 Å². The first kappa shape index (κ1) is 10.6. The summed E-state index contributed by atoms with van der Waals surface area (Å²) in [4.78, 5) is 2.51. The molecule has 2 aliphatic heterocycles. The number of nitrogens with zero attached hydrogens (tertiary/aromatic N) is 1. The first-order valence-corrected chi connectivity index (χ1v) is 6.78. The van der Waals surface area contributed by atoms with Crippen LogP contribution >= 0.6 is 15.9 Å². The zero-order valence-electron chi connectivity index (χ0n) is 9.38. The molecule has 16 heavy (non-hydrogen) atoms. The second-order valence-electron chi connectivity index (χ2n) is 5.07.